The van der Waals surface area contributed by atoms with E-state index in [1.54, 1.807) is 0 Å². The minimum atomic E-state index is -0.0361. The van der Waals surface area contributed by atoms with Gasteiger partial charge in [-0.25, -0.2) is 10.4 Å². The molecule has 196 valence electrons. The summed E-state index contributed by atoms with van der Waals surface area (Å²) in [7, 11) is 0. The van der Waals surface area contributed by atoms with Crippen molar-refractivity contribution in [2.24, 2.45) is 11.0 Å². The first-order valence-corrected chi connectivity index (χ1v) is 13.5. The third-order valence-corrected chi connectivity index (χ3v) is 7.70. The number of amides is 1. The van der Waals surface area contributed by atoms with Crippen molar-refractivity contribution in [3.05, 3.63) is 48.0 Å². The largest absolute Gasteiger partial charge is 0.492 e. The van der Waals surface area contributed by atoms with E-state index in [0.717, 1.165) is 67.2 Å². The van der Waals surface area contributed by atoms with Crippen molar-refractivity contribution in [2.75, 3.05) is 39.3 Å². The Labute approximate surface area is 218 Å². The summed E-state index contributed by atoms with van der Waals surface area (Å²) in [5.74, 6) is 1.49. The van der Waals surface area contributed by atoms with Crippen LogP contribution in [0.2, 0.25) is 0 Å². The van der Waals surface area contributed by atoms with E-state index in [1.165, 1.54) is 6.42 Å². The van der Waals surface area contributed by atoms with Crippen LogP contribution in [-0.4, -0.2) is 71.8 Å². The molecule has 2 unspecified atom stereocenters. The molecule has 0 bridgehead atoms. The zero-order valence-corrected chi connectivity index (χ0v) is 22.1. The Morgan fingerprint density at radius 3 is 2.57 bits per heavy atom. The van der Waals surface area contributed by atoms with Gasteiger partial charge in [0.1, 0.15) is 17.9 Å². The van der Waals surface area contributed by atoms with Gasteiger partial charge in [0.25, 0.3) is 0 Å². The molecule has 1 saturated heterocycles. The quantitative estimate of drug-likeness (QED) is 0.462. The Morgan fingerprint density at radius 2 is 1.84 bits per heavy atom. The number of oxazole rings is 1. The molecule has 2 atom stereocenters. The Kier molecular flexibility index (Phi) is 7.86. The molecule has 1 N–H and O–H groups in total. The van der Waals surface area contributed by atoms with Crippen molar-refractivity contribution in [1.82, 2.24) is 20.2 Å². The number of carbonyl (C=O) groups is 1. The Morgan fingerprint density at radius 1 is 1.08 bits per heavy atom. The highest BCUT2D eigenvalue weighted by atomic mass is 16.5. The van der Waals surface area contributed by atoms with Crippen molar-refractivity contribution in [2.45, 2.75) is 46.1 Å². The van der Waals surface area contributed by atoms with Gasteiger partial charge in [-0.2, -0.15) is 5.10 Å². The van der Waals surface area contributed by atoms with Crippen LogP contribution in [0.25, 0.3) is 22.6 Å². The van der Waals surface area contributed by atoms with Gasteiger partial charge < -0.3 is 9.15 Å². The highest BCUT2D eigenvalue weighted by Gasteiger charge is 2.25. The van der Waals surface area contributed by atoms with Crippen molar-refractivity contribution in [3.63, 3.8) is 0 Å². The summed E-state index contributed by atoms with van der Waals surface area (Å²) in [6, 6.07) is 14.5. The number of nitrogens with one attached hydrogen (secondary N) is 1. The lowest BCUT2D eigenvalue weighted by Gasteiger charge is -2.37. The number of hydrazone groups is 1. The fraction of sp³-hybridized carbons (Fsp3) is 0.483. The number of aromatic nitrogens is 1. The van der Waals surface area contributed by atoms with Crippen molar-refractivity contribution in [3.8, 4) is 17.2 Å². The van der Waals surface area contributed by atoms with Gasteiger partial charge in [-0.05, 0) is 56.2 Å². The van der Waals surface area contributed by atoms with Crippen LogP contribution in [-0.2, 0) is 4.79 Å². The number of benzene rings is 2. The lowest BCUT2D eigenvalue weighted by atomic mass is 9.90. The molecule has 3 heterocycles. The second-order valence-corrected chi connectivity index (χ2v) is 10.1. The SMILES string of the molecule is CCC1CC(=O)NN=C1c1ccc2nc(-c3ccc(OCCN4CCN(C(C)CC)CC4)cc3)oc2c1. The van der Waals surface area contributed by atoms with Crippen molar-refractivity contribution >= 4 is 22.7 Å². The van der Waals surface area contributed by atoms with Gasteiger partial charge in [0.15, 0.2) is 5.58 Å². The average Bonchev–Trinajstić information content (AvgIpc) is 3.37. The van der Waals surface area contributed by atoms with Gasteiger partial charge in [0, 0.05) is 62.2 Å². The van der Waals surface area contributed by atoms with Gasteiger partial charge in [-0.15, -0.1) is 0 Å². The smallest absolute Gasteiger partial charge is 0.240 e. The fourth-order valence-corrected chi connectivity index (χ4v) is 5.10. The summed E-state index contributed by atoms with van der Waals surface area (Å²) in [6.07, 6.45) is 2.52. The molecule has 1 amide bonds. The normalized spacial score (nSPS) is 20.0. The van der Waals surface area contributed by atoms with Crippen LogP contribution in [0.15, 0.2) is 52.0 Å². The number of nitrogens with zero attached hydrogens (tertiary/aromatic N) is 4. The number of piperazine rings is 1. The highest BCUT2D eigenvalue weighted by molar-refractivity contribution is 6.07. The molecule has 2 aromatic carbocycles. The summed E-state index contributed by atoms with van der Waals surface area (Å²) in [5, 5.41) is 4.32. The first kappa shape index (κ1) is 25.4. The van der Waals surface area contributed by atoms with Gasteiger partial charge >= 0.3 is 0 Å². The van der Waals surface area contributed by atoms with Gasteiger partial charge in [0.05, 0.1) is 5.71 Å². The van der Waals surface area contributed by atoms with E-state index in [9.17, 15) is 4.79 Å². The Bertz CT molecular complexity index is 1240. The number of hydrogen-bond donors (Lipinski definition) is 1. The topological polar surface area (TPSA) is 83.2 Å². The van der Waals surface area contributed by atoms with Crippen LogP contribution >= 0.6 is 0 Å². The maximum atomic E-state index is 11.7. The van der Waals surface area contributed by atoms with Crippen LogP contribution in [0.3, 0.4) is 0 Å². The van der Waals surface area contributed by atoms with Gasteiger partial charge in [-0.3, -0.25) is 14.6 Å². The molecule has 3 aromatic rings. The van der Waals surface area contributed by atoms with Crippen LogP contribution in [0, 0.1) is 5.92 Å². The first-order valence-electron chi connectivity index (χ1n) is 13.5. The molecule has 1 fully saturated rings. The standard InChI is InChI=1S/C29H37N5O3/c1-4-20(3)34-14-12-33(13-15-34)16-17-36-24-9-6-22(7-10-24)29-30-25-11-8-23(18-26(25)37-29)28-21(5-2)19-27(35)31-32-28/h6-11,18,20-21H,4-5,12-17,19H2,1-3H3,(H,31,35). The zero-order chi connectivity index (χ0) is 25.8. The first-order chi connectivity index (χ1) is 18.0. The third-order valence-electron chi connectivity index (χ3n) is 7.70. The average molecular weight is 504 g/mol. The van der Waals surface area contributed by atoms with Crippen molar-refractivity contribution < 1.29 is 13.9 Å². The Hall–Kier alpha value is -3.23. The van der Waals surface area contributed by atoms with Gasteiger partial charge in [0.2, 0.25) is 11.8 Å². The molecule has 8 nitrogen and oxygen atoms in total. The zero-order valence-electron chi connectivity index (χ0n) is 22.1. The number of hydrogen-bond acceptors (Lipinski definition) is 7. The van der Waals surface area contributed by atoms with E-state index in [0.29, 0.717) is 30.5 Å². The molecule has 5 rings (SSSR count). The summed E-state index contributed by atoms with van der Waals surface area (Å²) < 4.78 is 12.1. The molecular formula is C29H37N5O3. The van der Waals surface area contributed by atoms with E-state index in [4.69, 9.17) is 9.15 Å². The highest BCUT2D eigenvalue weighted by Crippen LogP contribution is 2.28. The lowest BCUT2D eigenvalue weighted by Crippen LogP contribution is -2.50. The molecule has 2 aliphatic rings. The maximum absolute atomic E-state index is 11.7. The molecule has 8 heteroatoms. The van der Waals surface area contributed by atoms with E-state index in [-0.39, 0.29) is 11.8 Å². The molecule has 0 spiro atoms. The van der Waals surface area contributed by atoms with Crippen LogP contribution in [0.1, 0.15) is 45.6 Å². The van der Waals surface area contributed by atoms with Crippen molar-refractivity contribution in [1.29, 1.82) is 0 Å². The predicted octanol–water partition coefficient (Wildman–Crippen LogP) is 4.54. The summed E-state index contributed by atoms with van der Waals surface area (Å²) in [6.45, 7) is 12.8. The maximum Gasteiger partial charge on any atom is 0.240 e. The Balaban J connectivity index is 1.18. The second kappa shape index (κ2) is 11.4. The third kappa shape index (κ3) is 5.86. The minimum Gasteiger partial charge on any atom is -0.492 e. The molecule has 1 aromatic heterocycles. The van der Waals surface area contributed by atoms with E-state index >= 15 is 0 Å². The number of carbonyl (C=O) groups excluding carboxylic acids is 1. The van der Waals surface area contributed by atoms with E-state index < -0.39 is 0 Å². The molecule has 0 saturated carbocycles. The van der Waals surface area contributed by atoms with Crippen LogP contribution < -0.4 is 10.2 Å². The number of ether oxygens (including phenoxy) is 1. The monoisotopic (exact) mass is 503 g/mol. The summed E-state index contributed by atoms with van der Waals surface area (Å²) in [5.41, 5.74) is 6.85. The second-order valence-electron chi connectivity index (χ2n) is 10.1. The van der Waals surface area contributed by atoms with Gasteiger partial charge in [-0.1, -0.05) is 19.9 Å². The molecule has 37 heavy (non-hydrogen) atoms. The fourth-order valence-electron chi connectivity index (χ4n) is 5.10. The number of rotatable bonds is 9. The van der Waals surface area contributed by atoms with E-state index in [2.05, 4.69) is 46.1 Å². The minimum absolute atomic E-state index is 0.0361. The lowest BCUT2D eigenvalue weighted by molar-refractivity contribution is -0.122. The van der Waals surface area contributed by atoms with Crippen LogP contribution in [0.4, 0.5) is 0 Å². The summed E-state index contributed by atoms with van der Waals surface area (Å²) in [4.78, 5) is 21.4. The number of fused-ring (bicyclic) bond motifs is 1. The molecule has 2 aliphatic heterocycles. The molecule has 0 radical (unpaired) electrons. The molecule has 0 aliphatic carbocycles. The molecular weight excluding hydrogens is 466 g/mol. The van der Waals surface area contributed by atoms with Crippen LogP contribution in [0.5, 0.6) is 5.75 Å². The van der Waals surface area contributed by atoms with E-state index in [1.807, 2.05) is 42.5 Å². The summed E-state index contributed by atoms with van der Waals surface area (Å²) >= 11 is 0. The predicted molar refractivity (Wildman–Crippen MR) is 146 cm³/mol.